The van der Waals surface area contributed by atoms with Gasteiger partial charge in [0.25, 0.3) is 0 Å². The molecular weight excluding hydrogens is 372 g/mol. The highest BCUT2D eigenvalue weighted by Crippen LogP contribution is 2.25. The Hall–Kier alpha value is -4.32. The first-order valence-corrected chi connectivity index (χ1v) is 9.54. The molecule has 0 amide bonds. The zero-order valence-electron chi connectivity index (χ0n) is 15.8. The predicted molar refractivity (Wildman–Crippen MR) is 117 cm³/mol. The Kier molecular flexibility index (Phi) is 3.67. The first kappa shape index (κ1) is 16.6. The lowest BCUT2D eigenvalue weighted by molar-refractivity contribution is 1.05. The predicted octanol–water partition coefficient (Wildman–Crippen LogP) is 4.85. The van der Waals surface area contributed by atoms with Crippen LogP contribution in [0.2, 0.25) is 0 Å². The maximum absolute atomic E-state index is 4.80. The molecule has 0 unspecified atom stereocenters. The SMILES string of the molecule is c1ccc2nc(-c3ccc4ccc(-c5ccc6cnncc6c5)nc4n3)ncc2c1. The lowest BCUT2D eigenvalue weighted by atomic mass is 10.1. The van der Waals surface area contributed by atoms with Crippen LogP contribution >= 0.6 is 0 Å². The van der Waals surface area contributed by atoms with Crippen LogP contribution in [0, 0.1) is 0 Å². The fraction of sp³-hybridized carbons (Fsp3) is 0. The first-order chi connectivity index (χ1) is 14.8. The van der Waals surface area contributed by atoms with Crippen molar-refractivity contribution in [3.05, 3.63) is 85.3 Å². The van der Waals surface area contributed by atoms with E-state index in [1.165, 1.54) is 0 Å². The second-order valence-corrected chi connectivity index (χ2v) is 7.02. The first-order valence-electron chi connectivity index (χ1n) is 9.54. The van der Waals surface area contributed by atoms with Gasteiger partial charge >= 0.3 is 0 Å². The summed E-state index contributed by atoms with van der Waals surface area (Å²) in [6.07, 6.45) is 5.34. The molecule has 0 N–H and O–H groups in total. The third-order valence-electron chi connectivity index (χ3n) is 5.11. The molecule has 0 atom stereocenters. The molecule has 30 heavy (non-hydrogen) atoms. The summed E-state index contributed by atoms with van der Waals surface area (Å²) in [4.78, 5) is 18.7. The molecule has 6 nitrogen and oxygen atoms in total. The Morgan fingerprint density at radius 3 is 2.23 bits per heavy atom. The van der Waals surface area contributed by atoms with Gasteiger partial charge in [0, 0.05) is 33.3 Å². The highest BCUT2D eigenvalue weighted by Gasteiger charge is 2.09. The van der Waals surface area contributed by atoms with Crippen LogP contribution in [0.5, 0.6) is 0 Å². The summed E-state index contributed by atoms with van der Waals surface area (Å²) in [6.45, 7) is 0. The second kappa shape index (κ2) is 6.63. The summed E-state index contributed by atoms with van der Waals surface area (Å²) >= 11 is 0. The van der Waals surface area contributed by atoms with Gasteiger partial charge in [0.05, 0.1) is 23.6 Å². The number of benzene rings is 2. The maximum Gasteiger partial charge on any atom is 0.178 e. The number of hydrogen-bond donors (Lipinski definition) is 0. The smallest absolute Gasteiger partial charge is 0.178 e. The van der Waals surface area contributed by atoms with Crippen LogP contribution in [-0.2, 0) is 0 Å². The van der Waals surface area contributed by atoms with Gasteiger partial charge in [-0.15, -0.1) is 0 Å². The second-order valence-electron chi connectivity index (χ2n) is 7.02. The van der Waals surface area contributed by atoms with Crippen LogP contribution in [0.25, 0.3) is 55.5 Å². The molecule has 0 radical (unpaired) electrons. The summed E-state index contributed by atoms with van der Waals surface area (Å²) in [5.74, 6) is 0.590. The lowest BCUT2D eigenvalue weighted by Gasteiger charge is -2.06. The molecule has 0 spiro atoms. The molecule has 0 aliphatic heterocycles. The molecule has 4 heterocycles. The van der Waals surface area contributed by atoms with Gasteiger partial charge in [-0.2, -0.15) is 10.2 Å². The summed E-state index contributed by atoms with van der Waals surface area (Å²) in [7, 11) is 0. The van der Waals surface area contributed by atoms with Crippen LogP contribution in [0.4, 0.5) is 0 Å². The molecule has 0 bridgehead atoms. The average Bonchev–Trinajstić information content (AvgIpc) is 2.82. The van der Waals surface area contributed by atoms with Gasteiger partial charge in [0.2, 0.25) is 0 Å². The number of pyridine rings is 2. The molecule has 0 saturated heterocycles. The van der Waals surface area contributed by atoms with Crippen molar-refractivity contribution in [1.29, 1.82) is 0 Å². The van der Waals surface area contributed by atoms with Gasteiger partial charge in [-0.3, -0.25) is 0 Å². The highest BCUT2D eigenvalue weighted by molar-refractivity contribution is 5.87. The Labute approximate surface area is 171 Å². The zero-order chi connectivity index (χ0) is 19.9. The van der Waals surface area contributed by atoms with Crippen molar-refractivity contribution in [3.63, 3.8) is 0 Å². The van der Waals surface area contributed by atoms with Crippen LogP contribution in [0.1, 0.15) is 0 Å². The van der Waals surface area contributed by atoms with Crippen molar-refractivity contribution in [2.24, 2.45) is 0 Å². The molecular formula is C24H14N6. The van der Waals surface area contributed by atoms with Crippen molar-refractivity contribution in [3.8, 4) is 22.8 Å². The summed E-state index contributed by atoms with van der Waals surface area (Å²) < 4.78 is 0. The monoisotopic (exact) mass is 386 g/mol. The largest absolute Gasteiger partial charge is 0.235 e. The minimum absolute atomic E-state index is 0.590. The highest BCUT2D eigenvalue weighted by atomic mass is 15.1. The van der Waals surface area contributed by atoms with E-state index in [0.717, 1.165) is 38.3 Å². The van der Waals surface area contributed by atoms with E-state index in [2.05, 4.69) is 26.2 Å². The van der Waals surface area contributed by atoms with Crippen LogP contribution in [0.15, 0.2) is 85.3 Å². The third-order valence-corrected chi connectivity index (χ3v) is 5.11. The van der Waals surface area contributed by atoms with Gasteiger partial charge in [0.15, 0.2) is 11.5 Å². The van der Waals surface area contributed by atoms with Crippen molar-refractivity contribution < 1.29 is 0 Å². The molecule has 140 valence electrons. The van der Waals surface area contributed by atoms with Crippen molar-refractivity contribution in [2.75, 3.05) is 0 Å². The van der Waals surface area contributed by atoms with Crippen molar-refractivity contribution in [2.45, 2.75) is 0 Å². The van der Waals surface area contributed by atoms with Gasteiger partial charge in [-0.25, -0.2) is 19.9 Å². The van der Waals surface area contributed by atoms with Gasteiger partial charge in [-0.1, -0.05) is 30.3 Å². The van der Waals surface area contributed by atoms with E-state index < -0.39 is 0 Å². The number of nitrogens with zero attached hydrogens (tertiary/aromatic N) is 6. The summed E-state index contributed by atoms with van der Waals surface area (Å²) in [5.41, 5.74) is 4.11. The van der Waals surface area contributed by atoms with Crippen LogP contribution in [0.3, 0.4) is 0 Å². The molecule has 0 saturated carbocycles. The average molecular weight is 386 g/mol. The minimum atomic E-state index is 0.590. The molecule has 0 fully saturated rings. The van der Waals surface area contributed by atoms with Gasteiger partial charge in [0.1, 0.15) is 5.69 Å². The number of aromatic nitrogens is 6. The molecule has 4 aromatic heterocycles. The Morgan fingerprint density at radius 2 is 1.30 bits per heavy atom. The lowest BCUT2D eigenvalue weighted by Crippen LogP contribution is -1.95. The van der Waals surface area contributed by atoms with E-state index in [1.807, 2.05) is 66.9 Å². The fourth-order valence-electron chi connectivity index (χ4n) is 3.53. The third kappa shape index (κ3) is 2.82. The Bertz CT molecular complexity index is 1450. The van der Waals surface area contributed by atoms with E-state index >= 15 is 0 Å². The summed E-state index contributed by atoms with van der Waals surface area (Å²) in [5, 5.41) is 11.9. The molecule has 6 aromatic rings. The molecule has 0 aliphatic rings. The normalized spacial score (nSPS) is 11.3. The number of rotatable bonds is 2. The van der Waals surface area contributed by atoms with Crippen molar-refractivity contribution >= 4 is 32.7 Å². The number of hydrogen-bond acceptors (Lipinski definition) is 6. The molecule has 2 aromatic carbocycles. The maximum atomic E-state index is 4.80. The van der Waals surface area contributed by atoms with E-state index in [1.54, 1.807) is 12.4 Å². The molecule has 0 aliphatic carbocycles. The zero-order valence-corrected chi connectivity index (χ0v) is 15.8. The van der Waals surface area contributed by atoms with Gasteiger partial charge in [-0.05, 0) is 36.4 Å². The molecule has 6 heteroatoms. The van der Waals surface area contributed by atoms with E-state index in [9.17, 15) is 0 Å². The number of fused-ring (bicyclic) bond motifs is 3. The number of para-hydroxylation sites is 1. The Balaban J connectivity index is 1.46. The van der Waals surface area contributed by atoms with Crippen molar-refractivity contribution in [1.82, 2.24) is 30.1 Å². The van der Waals surface area contributed by atoms with E-state index in [0.29, 0.717) is 17.2 Å². The minimum Gasteiger partial charge on any atom is -0.235 e. The van der Waals surface area contributed by atoms with E-state index in [-0.39, 0.29) is 0 Å². The van der Waals surface area contributed by atoms with E-state index in [4.69, 9.17) is 9.97 Å². The van der Waals surface area contributed by atoms with Crippen LogP contribution < -0.4 is 0 Å². The summed E-state index contributed by atoms with van der Waals surface area (Å²) in [6, 6.07) is 22.0. The molecule has 6 rings (SSSR count). The van der Waals surface area contributed by atoms with Gasteiger partial charge < -0.3 is 0 Å². The fourth-order valence-corrected chi connectivity index (χ4v) is 3.53. The topological polar surface area (TPSA) is 77.3 Å². The van der Waals surface area contributed by atoms with Crippen LogP contribution in [-0.4, -0.2) is 30.1 Å². The quantitative estimate of drug-likeness (QED) is 0.423. The standard InChI is InChI=1S/C24H14N6/c1-2-4-20-18(3-1)12-25-24(29-20)22-10-8-15-7-9-21(28-23(15)30-22)16-5-6-17-13-26-27-14-19(17)11-16/h1-14H. The Morgan fingerprint density at radius 1 is 0.533 bits per heavy atom.